The zero-order valence-electron chi connectivity index (χ0n) is 16.9. The molecule has 0 spiro atoms. The van der Waals surface area contributed by atoms with Crippen molar-refractivity contribution < 1.29 is 14.3 Å². The number of benzene rings is 1. The van der Waals surface area contributed by atoms with Crippen LogP contribution in [-0.4, -0.2) is 52.0 Å². The number of hydrogen-bond donors (Lipinski definition) is 0. The van der Waals surface area contributed by atoms with E-state index in [2.05, 4.69) is 11.1 Å². The Balaban J connectivity index is 1.98. The van der Waals surface area contributed by atoms with Gasteiger partial charge in [-0.2, -0.15) is 0 Å². The minimum absolute atomic E-state index is 0.0945. The molecular weight excluding hydrogens is 386 g/mol. The molecule has 1 aliphatic rings. The summed E-state index contributed by atoms with van der Waals surface area (Å²) in [5, 5.41) is 0.196. The van der Waals surface area contributed by atoms with Crippen LogP contribution in [-0.2, 0) is 9.59 Å². The molecule has 150 valence electrons. The van der Waals surface area contributed by atoms with Crippen LogP contribution in [0.2, 0.25) is 0 Å². The lowest BCUT2D eigenvalue weighted by molar-refractivity contribution is -0.132. The Bertz CT molecular complexity index is 1010. The first-order valence-electron chi connectivity index (χ1n) is 9.11. The first-order chi connectivity index (χ1) is 13.8. The summed E-state index contributed by atoms with van der Waals surface area (Å²) >= 11 is 5.14. The zero-order valence-corrected chi connectivity index (χ0v) is 17.7. The van der Waals surface area contributed by atoms with E-state index in [1.165, 1.54) is 9.80 Å². The fraction of sp³-hybridized carbons (Fsp3) is 0.227. The summed E-state index contributed by atoms with van der Waals surface area (Å²) in [6, 6.07) is 9.68. The van der Waals surface area contributed by atoms with Crippen molar-refractivity contribution in [1.29, 1.82) is 0 Å². The number of aromatic nitrogens is 1. The number of aryl methyl sites for hydroxylation is 1. The van der Waals surface area contributed by atoms with Crippen molar-refractivity contribution >= 4 is 35.2 Å². The van der Waals surface area contributed by atoms with E-state index >= 15 is 0 Å². The first-order valence-corrected chi connectivity index (χ1v) is 9.52. The lowest BCUT2D eigenvalue weighted by atomic mass is 10.1. The number of thiocarbonyl (C=S) groups is 1. The predicted molar refractivity (Wildman–Crippen MR) is 117 cm³/mol. The van der Waals surface area contributed by atoms with Crippen molar-refractivity contribution in [1.82, 2.24) is 14.4 Å². The van der Waals surface area contributed by atoms with Gasteiger partial charge in [-0.05, 0) is 68.0 Å². The number of likely N-dealkylation sites (N-methyl/N-ethyl adjacent to an activating group) is 2. The fourth-order valence-corrected chi connectivity index (χ4v) is 3.47. The highest BCUT2D eigenvalue weighted by molar-refractivity contribution is 7.80. The molecule has 0 unspecified atom stereocenters. The molecule has 1 saturated heterocycles. The van der Waals surface area contributed by atoms with Gasteiger partial charge < -0.3 is 9.30 Å². The van der Waals surface area contributed by atoms with E-state index in [1.807, 2.05) is 44.2 Å². The van der Waals surface area contributed by atoms with Crippen LogP contribution in [0, 0.1) is 13.8 Å². The third kappa shape index (κ3) is 3.73. The third-order valence-corrected chi connectivity index (χ3v) is 5.42. The van der Waals surface area contributed by atoms with Gasteiger partial charge in [0, 0.05) is 31.2 Å². The Hall–Kier alpha value is -3.19. The van der Waals surface area contributed by atoms with Crippen LogP contribution in [0.4, 0.5) is 0 Å². The van der Waals surface area contributed by atoms with E-state index in [0.717, 1.165) is 28.4 Å². The minimum Gasteiger partial charge on any atom is -0.490 e. The molecule has 1 aromatic heterocycles. The second kappa shape index (κ2) is 8.05. The van der Waals surface area contributed by atoms with Gasteiger partial charge in [0.05, 0.1) is 0 Å². The fourth-order valence-electron chi connectivity index (χ4n) is 3.31. The molecule has 2 amide bonds. The Morgan fingerprint density at radius 1 is 1.07 bits per heavy atom. The molecule has 0 N–H and O–H groups in total. The van der Waals surface area contributed by atoms with Gasteiger partial charge in [0.2, 0.25) is 0 Å². The Morgan fingerprint density at radius 3 is 2.21 bits per heavy atom. The third-order valence-electron chi connectivity index (χ3n) is 4.88. The van der Waals surface area contributed by atoms with Crippen LogP contribution >= 0.6 is 12.2 Å². The standard InChI is InChI=1S/C22H23N3O3S/c1-6-11-28-18-9-7-17(8-10-18)25-14(2)12-16(15(25)3)13-19-20(26)23(4)22(29)24(5)21(19)27/h6-10,12-13H,1,11H2,2-5H3. The molecule has 0 radical (unpaired) electrons. The smallest absolute Gasteiger partial charge is 0.265 e. The van der Waals surface area contributed by atoms with E-state index in [9.17, 15) is 9.59 Å². The van der Waals surface area contributed by atoms with E-state index in [-0.39, 0.29) is 10.7 Å². The molecule has 0 aliphatic carbocycles. The van der Waals surface area contributed by atoms with E-state index < -0.39 is 11.8 Å². The number of ether oxygens (including phenoxy) is 1. The summed E-state index contributed by atoms with van der Waals surface area (Å²) < 4.78 is 7.60. The summed E-state index contributed by atoms with van der Waals surface area (Å²) in [5.41, 5.74) is 3.78. The molecule has 7 heteroatoms. The highest BCUT2D eigenvalue weighted by atomic mass is 32.1. The minimum atomic E-state index is -0.397. The maximum atomic E-state index is 12.6. The topological polar surface area (TPSA) is 54.8 Å². The van der Waals surface area contributed by atoms with Crippen molar-refractivity contribution in [3.8, 4) is 11.4 Å². The number of amides is 2. The zero-order chi connectivity index (χ0) is 21.3. The van der Waals surface area contributed by atoms with Crippen molar-refractivity contribution in [2.24, 2.45) is 0 Å². The van der Waals surface area contributed by atoms with E-state index in [4.69, 9.17) is 17.0 Å². The maximum absolute atomic E-state index is 12.6. The summed E-state index contributed by atoms with van der Waals surface area (Å²) in [4.78, 5) is 27.8. The molecule has 1 aliphatic heterocycles. The van der Waals surface area contributed by atoms with Gasteiger partial charge in [0.1, 0.15) is 17.9 Å². The van der Waals surface area contributed by atoms with Crippen molar-refractivity contribution in [2.45, 2.75) is 13.8 Å². The lowest BCUT2D eigenvalue weighted by Crippen LogP contribution is -2.52. The van der Waals surface area contributed by atoms with Gasteiger partial charge in [-0.1, -0.05) is 12.7 Å². The van der Waals surface area contributed by atoms with Gasteiger partial charge in [0.25, 0.3) is 11.8 Å². The highest BCUT2D eigenvalue weighted by Crippen LogP contribution is 2.26. The molecule has 29 heavy (non-hydrogen) atoms. The molecule has 6 nitrogen and oxygen atoms in total. The van der Waals surface area contributed by atoms with Gasteiger partial charge in [-0.25, -0.2) is 0 Å². The van der Waals surface area contributed by atoms with E-state index in [0.29, 0.717) is 6.61 Å². The van der Waals surface area contributed by atoms with Gasteiger partial charge >= 0.3 is 0 Å². The molecule has 0 saturated carbocycles. The van der Waals surface area contributed by atoms with Crippen molar-refractivity contribution in [3.05, 3.63) is 65.5 Å². The Labute approximate surface area is 175 Å². The Kier molecular flexibility index (Phi) is 5.70. The molecule has 0 bridgehead atoms. The number of nitrogens with zero attached hydrogens (tertiary/aromatic N) is 3. The van der Waals surface area contributed by atoms with E-state index in [1.54, 1.807) is 26.2 Å². The number of rotatable bonds is 5. The maximum Gasteiger partial charge on any atom is 0.265 e. The number of carbonyl (C=O) groups excluding carboxylic acids is 2. The van der Waals surface area contributed by atoms with Gasteiger partial charge in [-0.3, -0.25) is 19.4 Å². The predicted octanol–water partition coefficient (Wildman–Crippen LogP) is 3.26. The van der Waals surface area contributed by atoms with Crippen LogP contribution in [0.5, 0.6) is 5.75 Å². The summed E-state index contributed by atoms with van der Waals surface area (Å²) in [7, 11) is 3.14. The normalized spacial score (nSPS) is 14.5. The summed E-state index contributed by atoms with van der Waals surface area (Å²) in [5.74, 6) is -0.0304. The molecule has 2 heterocycles. The quantitative estimate of drug-likeness (QED) is 0.329. The number of hydrogen-bond acceptors (Lipinski definition) is 4. The second-order valence-corrected chi connectivity index (χ2v) is 7.19. The van der Waals surface area contributed by atoms with Crippen LogP contribution < -0.4 is 4.74 Å². The lowest BCUT2D eigenvalue weighted by Gasteiger charge is -2.31. The molecule has 3 rings (SSSR count). The summed E-state index contributed by atoms with van der Waals surface area (Å²) in [6.07, 6.45) is 3.34. The van der Waals surface area contributed by atoms with Gasteiger partial charge in [-0.15, -0.1) is 0 Å². The van der Waals surface area contributed by atoms with Crippen LogP contribution in [0.3, 0.4) is 0 Å². The molecule has 2 aromatic rings. The van der Waals surface area contributed by atoms with Crippen LogP contribution in [0.1, 0.15) is 17.0 Å². The molecular formula is C22H23N3O3S. The molecule has 1 aromatic carbocycles. The average Bonchev–Trinajstić information content (AvgIpc) is 3.00. The van der Waals surface area contributed by atoms with Crippen LogP contribution in [0.25, 0.3) is 11.8 Å². The average molecular weight is 410 g/mol. The molecule has 1 fully saturated rings. The monoisotopic (exact) mass is 409 g/mol. The second-order valence-electron chi connectivity index (χ2n) is 6.82. The first kappa shape index (κ1) is 20.5. The SMILES string of the molecule is C=CCOc1ccc(-n2c(C)cc(C=C3C(=O)N(C)C(=S)N(C)C3=O)c2C)cc1. The number of carbonyl (C=O) groups is 2. The Morgan fingerprint density at radius 2 is 1.66 bits per heavy atom. The highest BCUT2D eigenvalue weighted by Gasteiger charge is 2.35. The molecule has 0 atom stereocenters. The van der Waals surface area contributed by atoms with Crippen LogP contribution in [0.15, 0.2) is 48.6 Å². The summed E-state index contributed by atoms with van der Waals surface area (Å²) in [6.45, 7) is 8.03. The van der Waals surface area contributed by atoms with Gasteiger partial charge in [0.15, 0.2) is 5.11 Å². The largest absolute Gasteiger partial charge is 0.490 e. The van der Waals surface area contributed by atoms with Crippen molar-refractivity contribution in [3.63, 3.8) is 0 Å². The van der Waals surface area contributed by atoms with Crippen molar-refractivity contribution in [2.75, 3.05) is 20.7 Å².